The Hall–Kier alpha value is -2.18. The number of rotatable bonds is 6. The Morgan fingerprint density at radius 1 is 1.30 bits per heavy atom. The van der Waals surface area contributed by atoms with Crippen LogP contribution in [0.25, 0.3) is 0 Å². The lowest BCUT2D eigenvalue weighted by atomic mass is 9.98. The van der Waals surface area contributed by atoms with Gasteiger partial charge in [0.25, 0.3) is 5.56 Å². The third-order valence-electron chi connectivity index (χ3n) is 5.65. The number of methoxy groups -OCH3 is 1. The molecule has 2 aromatic rings. The van der Waals surface area contributed by atoms with E-state index in [2.05, 4.69) is 45.3 Å². The van der Waals surface area contributed by atoms with Crippen LogP contribution in [0.4, 0.5) is 0 Å². The summed E-state index contributed by atoms with van der Waals surface area (Å²) in [6.45, 7) is 5.02. The largest absolute Gasteiger partial charge is 0.497 e. The maximum Gasteiger partial charge on any atom is 0.251 e. The molecule has 2 heterocycles. The van der Waals surface area contributed by atoms with E-state index >= 15 is 0 Å². The van der Waals surface area contributed by atoms with E-state index in [1.54, 1.807) is 7.11 Å². The van der Waals surface area contributed by atoms with Gasteiger partial charge in [0, 0.05) is 30.4 Å². The van der Waals surface area contributed by atoms with Gasteiger partial charge in [-0.1, -0.05) is 12.1 Å². The number of aromatic nitrogens is 2. The summed E-state index contributed by atoms with van der Waals surface area (Å²) in [7, 11) is 1.71. The van der Waals surface area contributed by atoms with Crippen LogP contribution < -0.4 is 15.6 Å². The SMILES string of the molecule is COc1cccc(C2C(NC(C)c3nc(C)cc(=O)[nH]3)CCN2C2CC2)c1. The lowest BCUT2D eigenvalue weighted by molar-refractivity contribution is 0.221. The lowest BCUT2D eigenvalue weighted by Gasteiger charge is -2.31. The smallest absolute Gasteiger partial charge is 0.251 e. The Morgan fingerprint density at radius 3 is 2.81 bits per heavy atom. The maximum absolute atomic E-state index is 11.8. The molecule has 1 aromatic heterocycles. The number of hydrogen-bond acceptors (Lipinski definition) is 5. The summed E-state index contributed by atoms with van der Waals surface area (Å²) in [5.74, 6) is 1.60. The first kappa shape index (κ1) is 18.2. The van der Waals surface area contributed by atoms with E-state index in [0.29, 0.717) is 23.9 Å². The summed E-state index contributed by atoms with van der Waals surface area (Å²) < 4.78 is 5.45. The fourth-order valence-electron chi connectivity index (χ4n) is 4.26. The molecule has 27 heavy (non-hydrogen) atoms. The van der Waals surface area contributed by atoms with E-state index in [9.17, 15) is 4.79 Å². The minimum atomic E-state index is -0.0958. The molecule has 2 aliphatic rings. The highest BCUT2D eigenvalue weighted by Gasteiger charge is 2.43. The highest BCUT2D eigenvalue weighted by Crippen LogP contribution is 2.42. The first-order valence-corrected chi connectivity index (χ1v) is 9.79. The molecule has 1 aliphatic carbocycles. The van der Waals surface area contributed by atoms with Gasteiger partial charge in [-0.05, 0) is 50.8 Å². The van der Waals surface area contributed by atoms with Crippen LogP contribution in [0.15, 0.2) is 35.1 Å². The number of ether oxygens (including phenoxy) is 1. The van der Waals surface area contributed by atoms with Crippen molar-refractivity contribution >= 4 is 0 Å². The fraction of sp³-hybridized carbons (Fsp3) is 0.524. The highest BCUT2D eigenvalue weighted by molar-refractivity contribution is 5.32. The molecule has 1 aromatic carbocycles. The topological polar surface area (TPSA) is 70.2 Å². The molecule has 0 amide bonds. The van der Waals surface area contributed by atoms with Gasteiger partial charge in [0.15, 0.2) is 0 Å². The number of aryl methyl sites for hydroxylation is 1. The number of likely N-dealkylation sites (tertiary alicyclic amines) is 1. The molecule has 2 fully saturated rings. The predicted octanol–water partition coefficient (Wildman–Crippen LogP) is 2.72. The van der Waals surface area contributed by atoms with Gasteiger partial charge < -0.3 is 15.0 Å². The Morgan fingerprint density at radius 2 is 2.11 bits per heavy atom. The van der Waals surface area contributed by atoms with E-state index in [1.165, 1.54) is 24.5 Å². The first-order chi connectivity index (χ1) is 13.0. The van der Waals surface area contributed by atoms with Crippen LogP contribution in [0.2, 0.25) is 0 Å². The monoisotopic (exact) mass is 368 g/mol. The third kappa shape index (κ3) is 3.92. The van der Waals surface area contributed by atoms with Gasteiger partial charge >= 0.3 is 0 Å². The Bertz CT molecular complexity index is 861. The van der Waals surface area contributed by atoms with Crippen molar-refractivity contribution in [3.05, 3.63) is 57.8 Å². The molecule has 0 bridgehead atoms. The van der Waals surface area contributed by atoms with Crippen molar-refractivity contribution in [2.45, 2.75) is 57.3 Å². The van der Waals surface area contributed by atoms with E-state index < -0.39 is 0 Å². The molecule has 6 heteroatoms. The maximum atomic E-state index is 11.8. The van der Waals surface area contributed by atoms with Crippen LogP contribution >= 0.6 is 0 Å². The zero-order chi connectivity index (χ0) is 19.0. The quantitative estimate of drug-likeness (QED) is 0.820. The van der Waals surface area contributed by atoms with Crippen molar-refractivity contribution in [2.24, 2.45) is 0 Å². The number of nitrogens with zero attached hydrogens (tertiary/aromatic N) is 2. The second kappa shape index (κ2) is 7.44. The van der Waals surface area contributed by atoms with Crippen molar-refractivity contribution in [3.8, 4) is 5.75 Å². The number of hydrogen-bond donors (Lipinski definition) is 2. The van der Waals surface area contributed by atoms with Gasteiger partial charge in [-0.3, -0.25) is 9.69 Å². The molecule has 4 rings (SSSR count). The molecular weight excluding hydrogens is 340 g/mol. The number of benzene rings is 1. The Balaban J connectivity index is 1.59. The van der Waals surface area contributed by atoms with Gasteiger partial charge in [0.2, 0.25) is 0 Å². The van der Waals surface area contributed by atoms with Crippen molar-refractivity contribution in [1.82, 2.24) is 20.2 Å². The van der Waals surface area contributed by atoms with E-state index in [1.807, 2.05) is 13.0 Å². The van der Waals surface area contributed by atoms with Gasteiger partial charge in [-0.2, -0.15) is 0 Å². The summed E-state index contributed by atoms with van der Waals surface area (Å²) in [6, 6.07) is 11.2. The van der Waals surface area contributed by atoms with Crippen LogP contribution in [0.1, 0.15) is 55.4 Å². The van der Waals surface area contributed by atoms with Crippen LogP contribution in [-0.4, -0.2) is 40.6 Å². The molecule has 0 spiro atoms. The molecule has 2 N–H and O–H groups in total. The second-order valence-electron chi connectivity index (χ2n) is 7.75. The summed E-state index contributed by atoms with van der Waals surface area (Å²) >= 11 is 0. The molecule has 1 saturated heterocycles. The molecule has 0 radical (unpaired) electrons. The van der Waals surface area contributed by atoms with Crippen molar-refractivity contribution < 1.29 is 4.74 Å². The zero-order valence-corrected chi connectivity index (χ0v) is 16.2. The minimum absolute atomic E-state index is 0.0186. The summed E-state index contributed by atoms with van der Waals surface area (Å²) in [6.07, 6.45) is 3.66. The molecule has 6 nitrogen and oxygen atoms in total. The summed E-state index contributed by atoms with van der Waals surface area (Å²) in [5, 5.41) is 3.73. The van der Waals surface area contributed by atoms with E-state index in [0.717, 1.165) is 24.4 Å². The summed E-state index contributed by atoms with van der Waals surface area (Å²) in [4.78, 5) is 21.8. The van der Waals surface area contributed by atoms with Crippen LogP contribution in [0.3, 0.4) is 0 Å². The third-order valence-corrected chi connectivity index (χ3v) is 5.65. The summed E-state index contributed by atoms with van der Waals surface area (Å²) in [5.41, 5.74) is 1.94. The second-order valence-corrected chi connectivity index (χ2v) is 7.75. The number of H-pyrrole nitrogens is 1. The first-order valence-electron chi connectivity index (χ1n) is 9.79. The predicted molar refractivity (Wildman–Crippen MR) is 105 cm³/mol. The van der Waals surface area contributed by atoms with Crippen molar-refractivity contribution in [1.29, 1.82) is 0 Å². The number of nitrogens with one attached hydrogen (secondary N) is 2. The standard InChI is InChI=1S/C21H28N4O2/c1-13-11-19(26)24-21(22-13)14(2)23-18-9-10-25(16-7-8-16)20(18)15-5-4-6-17(12-15)27-3/h4-6,11-12,14,16,18,20,23H,7-10H2,1-3H3,(H,22,24,26). The van der Waals surface area contributed by atoms with Crippen LogP contribution in [0, 0.1) is 6.92 Å². The van der Waals surface area contributed by atoms with Gasteiger partial charge in [0.1, 0.15) is 11.6 Å². The molecule has 144 valence electrons. The van der Waals surface area contributed by atoms with E-state index in [-0.39, 0.29) is 11.6 Å². The average molecular weight is 368 g/mol. The highest BCUT2D eigenvalue weighted by atomic mass is 16.5. The van der Waals surface area contributed by atoms with Crippen LogP contribution in [0.5, 0.6) is 5.75 Å². The average Bonchev–Trinajstić information content (AvgIpc) is 3.41. The number of aromatic amines is 1. The van der Waals surface area contributed by atoms with Gasteiger partial charge in [-0.25, -0.2) is 4.98 Å². The fourth-order valence-corrected chi connectivity index (χ4v) is 4.26. The van der Waals surface area contributed by atoms with Crippen molar-refractivity contribution in [2.75, 3.05) is 13.7 Å². The Labute approximate surface area is 160 Å². The van der Waals surface area contributed by atoms with Crippen LogP contribution in [-0.2, 0) is 0 Å². The van der Waals surface area contributed by atoms with Crippen molar-refractivity contribution in [3.63, 3.8) is 0 Å². The van der Waals surface area contributed by atoms with Gasteiger partial charge in [0.05, 0.1) is 19.2 Å². The molecule has 3 atom stereocenters. The van der Waals surface area contributed by atoms with Gasteiger partial charge in [-0.15, -0.1) is 0 Å². The van der Waals surface area contributed by atoms with E-state index in [4.69, 9.17) is 4.74 Å². The lowest BCUT2D eigenvalue weighted by Crippen LogP contribution is -2.39. The zero-order valence-electron chi connectivity index (χ0n) is 16.2. The molecule has 1 saturated carbocycles. The minimum Gasteiger partial charge on any atom is -0.497 e. The Kier molecular flexibility index (Phi) is 5.02. The molecule has 1 aliphatic heterocycles. The molecular formula is C21H28N4O2. The normalized spacial score (nSPS) is 24.1. The molecule has 3 unspecified atom stereocenters.